The second kappa shape index (κ2) is 7.22. The normalized spacial score (nSPS) is 24.1. The van der Waals surface area contributed by atoms with Crippen LogP contribution in [0.25, 0.3) is 0 Å². The highest BCUT2D eigenvalue weighted by Gasteiger charge is 2.35. The molecule has 19 heavy (non-hydrogen) atoms. The van der Waals surface area contributed by atoms with E-state index in [1.54, 1.807) is 0 Å². The van der Waals surface area contributed by atoms with Crippen molar-refractivity contribution in [3.8, 4) is 0 Å². The lowest BCUT2D eigenvalue weighted by molar-refractivity contribution is -0.130. The summed E-state index contributed by atoms with van der Waals surface area (Å²) < 4.78 is 11.0. The molecule has 1 heterocycles. The van der Waals surface area contributed by atoms with Crippen molar-refractivity contribution in [2.24, 2.45) is 5.73 Å². The number of amides is 1. The third kappa shape index (κ3) is 4.44. The molecule has 2 rings (SSSR count). The zero-order valence-electron chi connectivity index (χ0n) is 11.7. The van der Waals surface area contributed by atoms with Gasteiger partial charge < -0.3 is 20.5 Å². The predicted octanol–water partition coefficient (Wildman–Crippen LogP) is 0.960. The van der Waals surface area contributed by atoms with Crippen LogP contribution in [-0.4, -0.2) is 43.9 Å². The Morgan fingerprint density at radius 1 is 1.26 bits per heavy atom. The van der Waals surface area contributed by atoms with Crippen LogP contribution in [-0.2, 0) is 14.3 Å². The lowest BCUT2D eigenvalue weighted by Gasteiger charge is -2.31. The van der Waals surface area contributed by atoms with Gasteiger partial charge in [0.05, 0.1) is 18.2 Å². The van der Waals surface area contributed by atoms with E-state index in [1.807, 2.05) is 0 Å². The highest BCUT2D eigenvalue weighted by Crippen LogP contribution is 2.20. The van der Waals surface area contributed by atoms with Crippen molar-refractivity contribution in [2.75, 3.05) is 26.4 Å². The van der Waals surface area contributed by atoms with Gasteiger partial charge in [0.2, 0.25) is 5.91 Å². The smallest absolute Gasteiger partial charge is 0.240 e. The zero-order chi connectivity index (χ0) is 13.6. The summed E-state index contributed by atoms with van der Waals surface area (Å²) in [5.41, 5.74) is 5.35. The van der Waals surface area contributed by atoms with Crippen molar-refractivity contribution < 1.29 is 14.3 Å². The predicted molar refractivity (Wildman–Crippen MR) is 72.8 cm³/mol. The SMILES string of the molecule is NC1(C(=O)NCCOC2CCCCC2)CCOCC1. The maximum atomic E-state index is 12.0. The molecule has 0 atom stereocenters. The summed E-state index contributed by atoms with van der Waals surface area (Å²) in [6.45, 7) is 2.28. The molecule has 3 N–H and O–H groups in total. The Kier molecular flexibility index (Phi) is 5.60. The van der Waals surface area contributed by atoms with E-state index in [1.165, 1.54) is 19.3 Å². The van der Waals surface area contributed by atoms with Gasteiger partial charge in [0.1, 0.15) is 0 Å². The van der Waals surface area contributed by atoms with Gasteiger partial charge in [0, 0.05) is 19.8 Å². The number of hydrogen-bond acceptors (Lipinski definition) is 4. The Hall–Kier alpha value is -0.650. The molecule has 2 fully saturated rings. The van der Waals surface area contributed by atoms with Crippen LogP contribution >= 0.6 is 0 Å². The molecule has 0 unspecified atom stereocenters. The minimum Gasteiger partial charge on any atom is -0.381 e. The number of nitrogens with one attached hydrogen (secondary N) is 1. The molecule has 0 aromatic rings. The summed E-state index contributed by atoms with van der Waals surface area (Å²) in [5.74, 6) is -0.0666. The van der Waals surface area contributed by atoms with Crippen molar-refractivity contribution in [3.05, 3.63) is 0 Å². The van der Waals surface area contributed by atoms with Crippen molar-refractivity contribution in [2.45, 2.75) is 56.6 Å². The lowest BCUT2D eigenvalue weighted by atomic mass is 9.90. The zero-order valence-corrected chi connectivity index (χ0v) is 11.7. The van der Waals surface area contributed by atoms with Crippen LogP contribution in [0.3, 0.4) is 0 Å². The van der Waals surface area contributed by atoms with E-state index >= 15 is 0 Å². The van der Waals surface area contributed by atoms with Crippen LogP contribution in [0.5, 0.6) is 0 Å². The molecular weight excluding hydrogens is 244 g/mol. The van der Waals surface area contributed by atoms with E-state index in [0.717, 1.165) is 12.8 Å². The Balaban J connectivity index is 1.60. The van der Waals surface area contributed by atoms with Crippen molar-refractivity contribution >= 4 is 5.91 Å². The first-order valence-corrected chi connectivity index (χ1v) is 7.47. The van der Waals surface area contributed by atoms with Gasteiger partial charge in [-0.25, -0.2) is 0 Å². The third-order valence-electron chi connectivity index (χ3n) is 4.13. The van der Waals surface area contributed by atoms with E-state index in [-0.39, 0.29) is 5.91 Å². The third-order valence-corrected chi connectivity index (χ3v) is 4.13. The summed E-state index contributed by atoms with van der Waals surface area (Å²) in [5, 5.41) is 2.89. The Morgan fingerprint density at radius 3 is 2.63 bits per heavy atom. The van der Waals surface area contributed by atoms with Crippen LogP contribution in [0.1, 0.15) is 44.9 Å². The second-order valence-electron chi connectivity index (χ2n) is 5.66. The van der Waals surface area contributed by atoms with Gasteiger partial charge in [-0.3, -0.25) is 4.79 Å². The fraction of sp³-hybridized carbons (Fsp3) is 0.929. The number of rotatable bonds is 5. The molecule has 110 valence electrons. The van der Waals surface area contributed by atoms with Crippen molar-refractivity contribution in [3.63, 3.8) is 0 Å². The van der Waals surface area contributed by atoms with Gasteiger partial charge in [0.15, 0.2) is 0 Å². The van der Waals surface area contributed by atoms with Gasteiger partial charge in [0.25, 0.3) is 0 Å². The van der Waals surface area contributed by atoms with E-state index in [2.05, 4.69) is 5.32 Å². The molecular formula is C14H26N2O3. The first kappa shape index (κ1) is 14.8. The van der Waals surface area contributed by atoms with Crippen LogP contribution in [0.15, 0.2) is 0 Å². The van der Waals surface area contributed by atoms with Crippen LogP contribution in [0.2, 0.25) is 0 Å². The standard InChI is InChI=1S/C14H26N2O3/c15-14(6-9-18-10-7-14)13(17)16-8-11-19-12-4-2-1-3-5-12/h12H,1-11,15H2,(H,16,17). The Labute approximate surface area is 115 Å². The van der Waals surface area contributed by atoms with E-state index < -0.39 is 5.54 Å². The molecule has 0 bridgehead atoms. The highest BCUT2D eigenvalue weighted by atomic mass is 16.5. The van der Waals surface area contributed by atoms with Gasteiger partial charge >= 0.3 is 0 Å². The summed E-state index contributed by atoms with van der Waals surface area (Å²) in [7, 11) is 0. The van der Waals surface area contributed by atoms with Gasteiger partial charge in [-0.15, -0.1) is 0 Å². The minimum atomic E-state index is -0.747. The number of carbonyl (C=O) groups excluding carboxylic acids is 1. The maximum Gasteiger partial charge on any atom is 0.240 e. The van der Waals surface area contributed by atoms with Gasteiger partial charge in [-0.2, -0.15) is 0 Å². The summed E-state index contributed by atoms with van der Waals surface area (Å²) >= 11 is 0. The van der Waals surface area contributed by atoms with Crippen molar-refractivity contribution in [1.29, 1.82) is 0 Å². The quantitative estimate of drug-likeness (QED) is 0.730. The molecule has 2 aliphatic rings. The number of hydrogen-bond donors (Lipinski definition) is 2. The van der Waals surface area contributed by atoms with E-state index in [4.69, 9.17) is 15.2 Å². The Morgan fingerprint density at radius 2 is 1.95 bits per heavy atom. The topological polar surface area (TPSA) is 73.6 Å². The molecule has 5 heteroatoms. The van der Waals surface area contributed by atoms with Crippen molar-refractivity contribution in [1.82, 2.24) is 5.32 Å². The first-order chi connectivity index (χ1) is 9.21. The molecule has 1 saturated carbocycles. The number of nitrogens with two attached hydrogens (primary N) is 1. The monoisotopic (exact) mass is 270 g/mol. The van der Waals surface area contributed by atoms with Gasteiger partial charge in [-0.1, -0.05) is 19.3 Å². The molecule has 0 radical (unpaired) electrons. The molecule has 5 nitrogen and oxygen atoms in total. The second-order valence-corrected chi connectivity index (χ2v) is 5.66. The summed E-state index contributed by atoms with van der Waals surface area (Å²) in [6.07, 6.45) is 7.77. The summed E-state index contributed by atoms with van der Waals surface area (Å²) in [4.78, 5) is 12.0. The van der Waals surface area contributed by atoms with E-state index in [0.29, 0.717) is 45.3 Å². The molecule has 1 saturated heterocycles. The summed E-state index contributed by atoms with van der Waals surface area (Å²) in [6, 6.07) is 0. The lowest BCUT2D eigenvalue weighted by Crippen LogP contribution is -2.57. The van der Waals surface area contributed by atoms with Crippen LogP contribution in [0, 0.1) is 0 Å². The molecule has 1 aliphatic heterocycles. The minimum absolute atomic E-state index is 0.0666. The average Bonchev–Trinajstić information content (AvgIpc) is 2.45. The number of carbonyl (C=O) groups is 1. The molecule has 1 amide bonds. The van der Waals surface area contributed by atoms with Crippen LogP contribution < -0.4 is 11.1 Å². The average molecular weight is 270 g/mol. The fourth-order valence-electron chi connectivity index (χ4n) is 2.76. The number of ether oxygens (including phenoxy) is 2. The molecule has 0 aromatic carbocycles. The molecule has 1 aliphatic carbocycles. The fourth-order valence-corrected chi connectivity index (χ4v) is 2.76. The van der Waals surface area contributed by atoms with E-state index in [9.17, 15) is 4.79 Å². The molecule has 0 aromatic heterocycles. The first-order valence-electron chi connectivity index (χ1n) is 7.47. The van der Waals surface area contributed by atoms with Gasteiger partial charge in [-0.05, 0) is 25.7 Å². The largest absolute Gasteiger partial charge is 0.381 e. The maximum absolute atomic E-state index is 12.0. The van der Waals surface area contributed by atoms with Crippen LogP contribution in [0.4, 0.5) is 0 Å². The molecule has 0 spiro atoms. The highest BCUT2D eigenvalue weighted by molar-refractivity contribution is 5.86. The Bertz CT molecular complexity index is 284.